The monoisotopic (exact) mass is 291 g/mol. The van der Waals surface area contributed by atoms with Crippen LogP contribution in [0, 0.1) is 6.92 Å². The number of rotatable bonds is 4. The Morgan fingerprint density at radius 1 is 1.26 bits per heavy atom. The summed E-state index contributed by atoms with van der Waals surface area (Å²) in [6.45, 7) is 2.03. The molecule has 98 valence electrons. The van der Waals surface area contributed by atoms with E-state index in [0.29, 0.717) is 5.56 Å². The molecule has 0 unspecified atom stereocenters. The minimum Gasteiger partial charge on any atom is -0.349 e. The number of nitrogens with zero attached hydrogens (tertiary/aromatic N) is 1. The number of carbonyl (C=O) groups excluding carboxylic acids is 1. The van der Waals surface area contributed by atoms with Crippen LogP contribution in [0.1, 0.15) is 27.2 Å². The zero-order valence-electron chi connectivity index (χ0n) is 10.8. The minimum absolute atomic E-state index is 0.0131. The summed E-state index contributed by atoms with van der Waals surface area (Å²) < 4.78 is 1.86. The number of hydrogen-bond acceptors (Lipinski definition) is 2. The molecule has 0 bridgehead atoms. The van der Waals surface area contributed by atoms with Crippen LogP contribution >= 0.6 is 23.8 Å². The van der Waals surface area contributed by atoms with Crippen molar-refractivity contribution in [1.29, 1.82) is 0 Å². The molecule has 0 spiro atoms. The molecule has 4 heteroatoms. The average Bonchev–Trinajstić information content (AvgIpc) is 2.80. The van der Waals surface area contributed by atoms with Gasteiger partial charge in [-0.05, 0) is 18.6 Å². The fraction of sp³-hybridized carbons (Fsp3) is 0.200. The maximum absolute atomic E-state index is 11.6. The predicted molar refractivity (Wildman–Crippen MR) is 82.4 cm³/mol. The van der Waals surface area contributed by atoms with Gasteiger partial charge in [0.15, 0.2) is 5.78 Å². The van der Waals surface area contributed by atoms with E-state index < -0.39 is 0 Å². The zero-order chi connectivity index (χ0) is 14.0. The van der Waals surface area contributed by atoms with Gasteiger partial charge in [0.25, 0.3) is 0 Å². The van der Waals surface area contributed by atoms with Crippen LogP contribution in [0.5, 0.6) is 0 Å². The molecule has 19 heavy (non-hydrogen) atoms. The van der Waals surface area contributed by atoms with Gasteiger partial charge in [0, 0.05) is 18.8 Å². The summed E-state index contributed by atoms with van der Waals surface area (Å²) in [6, 6.07) is 9.83. The molecular weight excluding hydrogens is 278 g/mol. The quantitative estimate of drug-likeness (QED) is 0.488. The second kappa shape index (κ2) is 5.68. The summed E-state index contributed by atoms with van der Waals surface area (Å²) in [5, 5.41) is 0. The molecule has 2 rings (SSSR count). The SMILES string of the molecule is Cc1ccc(C(=S)c2cc(C(=O)CCl)cn2C)cc1. The number of benzene rings is 1. The zero-order valence-corrected chi connectivity index (χ0v) is 12.4. The van der Waals surface area contributed by atoms with Crippen molar-refractivity contribution in [2.45, 2.75) is 6.92 Å². The van der Waals surface area contributed by atoms with E-state index >= 15 is 0 Å². The van der Waals surface area contributed by atoms with Gasteiger partial charge in [-0.3, -0.25) is 4.79 Å². The Bertz CT molecular complexity index is 628. The number of aryl methyl sites for hydroxylation is 2. The summed E-state index contributed by atoms with van der Waals surface area (Å²) in [4.78, 5) is 12.3. The van der Waals surface area contributed by atoms with Crippen LogP contribution in [-0.2, 0) is 7.05 Å². The predicted octanol–water partition coefficient (Wildman–Crippen LogP) is 3.52. The van der Waals surface area contributed by atoms with Crippen LogP contribution in [0.2, 0.25) is 0 Å². The minimum atomic E-state index is -0.0878. The fourth-order valence-electron chi connectivity index (χ4n) is 1.87. The number of aromatic nitrogens is 1. The van der Waals surface area contributed by atoms with Gasteiger partial charge >= 0.3 is 0 Å². The van der Waals surface area contributed by atoms with E-state index in [1.807, 2.05) is 42.8 Å². The van der Waals surface area contributed by atoms with Crippen molar-refractivity contribution in [3.05, 3.63) is 58.9 Å². The van der Waals surface area contributed by atoms with Gasteiger partial charge < -0.3 is 4.57 Å². The molecular formula is C15H14ClNOS. The van der Waals surface area contributed by atoms with Gasteiger partial charge in [-0.1, -0.05) is 42.0 Å². The van der Waals surface area contributed by atoms with Gasteiger partial charge in [-0.15, -0.1) is 11.6 Å². The van der Waals surface area contributed by atoms with Gasteiger partial charge in [0.2, 0.25) is 0 Å². The second-order valence-corrected chi connectivity index (χ2v) is 5.15. The molecule has 0 N–H and O–H groups in total. The van der Waals surface area contributed by atoms with Crippen LogP contribution < -0.4 is 0 Å². The van der Waals surface area contributed by atoms with Crippen molar-refractivity contribution in [2.75, 3.05) is 5.88 Å². The first kappa shape index (κ1) is 14.0. The largest absolute Gasteiger partial charge is 0.349 e. The molecule has 0 aliphatic rings. The molecule has 0 fully saturated rings. The Hall–Kier alpha value is -1.45. The van der Waals surface area contributed by atoms with E-state index in [9.17, 15) is 4.79 Å². The molecule has 0 saturated carbocycles. The third kappa shape index (κ3) is 2.94. The normalized spacial score (nSPS) is 10.5. The molecule has 2 nitrogen and oxygen atoms in total. The molecule has 0 atom stereocenters. The highest BCUT2D eigenvalue weighted by Gasteiger charge is 2.13. The smallest absolute Gasteiger partial charge is 0.179 e. The molecule has 0 radical (unpaired) electrons. The van der Waals surface area contributed by atoms with E-state index in [-0.39, 0.29) is 11.7 Å². The molecule has 0 saturated heterocycles. The number of thiocarbonyl (C=S) groups is 1. The van der Waals surface area contributed by atoms with Crippen molar-refractivity contribution in [3.63, 3.8) is 0 Å². The second-order valence-electron chi connectivity index (χ2n) is 4.48. The molecule has 2 aromatic rings. The number of Topliss-reactive ketones (excluding diaryl/α,β-unsaturated/α-hetero) is 1. The standard InChI is InChI=1S/C15H14ClNOS/c1-10-3-5-11(6-4-10)15(19)13-7-12(9-17(13)2)14(18)8-16/h3-7,9H,8H2,1-2H3. The van der Waals surface area contributed by atoms with E-state index in [1.165, 1.54) is 5.56 Å². The molecule has 0 amide bonds. The third-order valence-electron chi connectivity index (χ3n) is 2.99. The average molecular weight is 292 g/mol. The number of alkyl halides is 1. The lowest BCUT2D eigenvalue weighted by molar-refractivity contribution is 0.102. The highest BCUT2D eigenvalue weighted by molar-refractivity contribution is 7.81. The lowest BCUT2D eigenvalue weighted by atomic mass is 10.1. The maximum Gasteiger partial charge on any atom is 0.179 e. The van der Waals surface area contributed by atoms with Crippen LogP contribution in [0.3, 0.4) is 0 Å². The lowest BCUT2D eigenvalue weighted by Crippen LogP contribution is -2.05. The Labute approximate surface area is 123 Å². The van der Waals surface area contributed by atoms with Crippen LogP contribution in [0.25, 0.3) is 0 Å². The first-order valence-electron chi connectivity index (χ1n) is 5.90. The highest BCUT2D eigenvalue weighted by atomic mass is 35.5. The van der Waals surface area contributed by atoms with E-state index in [4.69, 9.17) is 23.8 Å². The maximum atomic E-state index is 11.6. The first-order chi connectivity index (χ1) is 9.02. The van der Waals surface area contributed by atoms with Gasteiger partial charge in [0.1, 0.15) is 0 Å². The van der Waals surface area contributed by atoms with Crippen molar-refractivity contribution in [2.24, 2.45) is 7.05 Å². The summed E-state index contributed by atoms with van der Waals surface area (Å²) in [5.74, 6) is -0.101. The van der Waals surface area contributed by atoms with Crippen molar-refractivity contribution in [1.82, 2.24) is 4.57 Å². The fourth-order valence-corrected chi connectivity index (χ4v) is 2.37. The van der Waals surface area contributed by atoms with Gasteiger partial charge in [-0.2, -0.15) is 0 Å². The molecule has 1 heterocycles. The lowest BCUT2D eigenvalue weighted by Gasteiger charge is -2.05. The van der Waals surface area contributed by atoms with Gasteiger partial charge in [0.05, 0.1) is 16.4 Å². The Kier molecular flexibility index (Phi) is 4.17. The number of carbonyl (C=O) groups is 1. The third-order valence-corrected chi connectivity index (χ3v) is 3.68. The molecule has 1 aromatic carbocycles. The van der Waals surface area contributed by atoms with E-state index in [2.05, 4.69) is 0 Å². The summed E-state index contributed by atoms with van der Waals surface area (Å²) >= 11 is 11.1. The molecule has 0 aliphatic heterocycles. The summed E-state index contributed by atoms with van der Waals surface area (Å²) in [6.07, 6.45) is 1.76. The van der Waals surface area contributed by atoms with Crippen molar-refractivity contribution in [3.8, 4) is 0 Å². The Balaban J connectivity index is 2.36. The summed E-state index contributed by atoms with van der Waals surface area (Å²) in [5.41, 5.74) is 3.62. The molecule has 0 aliphatic carbocycles. The van der Waals surface area contributed by atoms with Crippen molar-refractivity contribution >= 4 is 34.5 Å². The van der Waals surface area contributed by atoms with Crippen LogP contribution in [-0.4, -0.2) is 21.1 Å². The van der Waals surface area contributed by atoms with Gasteiger partial charge in [-0.25, -0.2) is 0 Å². The Morgan fingerprint density at radius 2 is 1.89 bits per heavy atom. The number of halogens is 1. The number of hydrogen-bond donors (Lipinski definition) is 0. The number of ketones is 1. The Morgan fingerprint density at radius 3 is 2.47 bits per heavy atom. The van der Waals surface area contributed by atoms with Crippen molar-refractivity contribution < 1.29 is 4.79 Å². The topological polar surface area (TPSA) is 22.0 Å². The highest BCUT2D eigenvalue weighted by Crippen LogP contribution is 2.16. The first-order valence-corrected chi connectivity index (χ1v) is 6.84. The van der Waals surface area contributed by atoms with E-state index in [1.54, 1.807) is 12.3 Å². The van der Waals surface area contributed by atoms with E-state index in [0.717, 1.165) is 16.1 Å². The molecule has 1 aromatic heterocycles. The van der Waals surface area contributed by atoms with Crippen LogP contribution in [0.4, 0.5) is 0 Å². The van der Waals surface area contributed by atoms with Crippen LogP contribution in [0.15, 0.2) is 36.5 Å². The summed E-state index contributed by atoms with van der Waals surface area (Å²) in [7, 11) is 1.88.